The number of amides is 3. The van der Waals surface area contributed by atoms with Gasteiger partial charge in [-0.25, -0.2) is 14.8 Å². The van der Waals surface area contributed by atoms with Gasteiger partial charge in [0.1, 0.15) is 5.82 Å². The van der Waals surface area contributed by atoms with Gasteiger partial charge < -0.3 is 20.0 Å². The number of hydrogen-bond donors (Lipinski definition) is 2. The normalized spacial score (nSPS) is 15.6. The molecule has 3 amide bonds. The van der Waals surface area contributed by atoms with Gasteiger partial charge in [0.25, 0.3) is 5.91 Å². The van der Waals surface area contributed by atoms with Crippen LogP contribution < -0.4 is 10.2 Å². The number of hydrogen-bond acceptors (Lipinski definition) is 6. The van der Waals surface area contributed by atoms with E-state index in [1.54, 1.807) is 35.5 Å². The molecule has 10 nitrogen and oxygen atoms in total. The largest absolute Gasteiger partial charge is 0.353 e. The van der Waals surface area contributed by atoms with E-state index in [-0.39, 0.29) is 11.9 Å². The van der Waals surface area contributed by atoms with Crippen molar-refractivity contribution in [1.29, 1.82) is 0 Å². The minimum absolute atomic E-state index is 0.0335. The van der Waals surface area contributed by atoms with Crippen molar-refractivity contribution >= 4 is 34.5 Å². The van der Waals surface area contributed by atoms with Gasteiger partial charge in [-0.15, -0.1) is 0 Å². The average Bonchev–Trinajstić information content (AvgIpc) is 3.43. The molecular weight excluding hydrogens is 456 g/mol. The van der Waals surface area contributed by atoms with E-state index >= 15 is 0 Å². The lowest BCUT2D eigenvalue weighted by Gasteiger charge is -2.35. The molecule has 10 heteroatoms. The zero-order chi connectivity index (χ0) is 24.5. The first-order valence-corrected chi connectivity index (χ1v) is 12.1. The molecular formula is C26H26N8O2. The van der Waals surface area contributed by atoms with Crippen molar-refractivity contribution in [3.05, 3.63) is 77.7 Å². The predicted octanol–water partition coefficient (Wildman–Crippen LogP) is 2.91. The summed E-state index contributed by atoms with van der Waals surface area (Å²) in [6.07, 6.45) is 6.12. The van der Waals surface area contributed by atoms with Gasteiger partial charge in [0.05, 0.1) is 6.20 Å². The summed E-state index contributed by atoms with van der Waals surface area (Å²) >= 11 is 0. The molecule has 2 aliphatic rings. The molecule has 4 aromatic rings. The molecule has 0 radical (unpaired) electrons. The summed E-state index contributed by atoms with van der Waals surface area (Å²) < 4.78 is 0. The molecule has 182 valence electrons. The van der Waals surface area contributed by atoms with Crippen molar-refractivity contribution in [3.8, 4) is 0 Å². The predicted molar refractivity (Wildman–Crippen MR) is 136 cm³/mol. The van der Waals surface area contributed by atoms with Crippen LogP contribution in [0.4, 0.5) is 16.3 Å². The number of piperazine rings is 1. The third-order valence-electron chi connectivity index (χ3n) is 6.86. The van der Waals surface area contributed by atoms with Crippen LogP contribution in [-0.2, 0) is 13.0 Å². The summed E-state index contributed by atoms with van der Waals surface area (Å²) in [6, 6.07) is 12.8. The molecule has 36 heavy (non-hydrogen) atoms. The van der Waals surface area contributed by atoms with Crippen molar-refractivity contribution in [1.82, 2.24) is 30.0 Å². The Morgan fingerprint density at radius 2 is 1.81 bits per heavy atom. The van der Waals surface area contributed by atoms with Gasteiger partial charge in [0.15, 0.2) is 5.65 Å². The van der Waals surface area contributed by atoms with Crippen molar-refractivity contribution in [2.75, 3.05) is 42.9 Å². The number of benzene rings is 1. The van der Waals surface area contributed by atoms with Crippen LogP contribution in [0.5, 0.6) is 0 Å². The number of fused-ring (bicyclic) bond motifs is 3. The average molecular weight is 483 g/mol. The van der Waals surface area contributed by atoms with Crippen molar-refractivity contribution in [2.24, 2.45) is 0 Å². The van der Waals surface area contributed by atoms with E-state index in [1.807, 2.05) is 35.4 Å². The SMILES string of the molecule is O=C(Nc1cccc(C(=O)N2CCN(c3ccccn3)CC2)c1)N1CCc2c(cnc3[nH]ncc23)C1. The molecule has 1 aromatic carbocycles. The van der Waals surface area contributed by atoms with Gasteiger partial charge in [-0.2, -0.15) is 5.10 Å². The number of nitrogens with zero attached hydrogens (tertiary/aromatic N) is 6. The Kier molecular flexibility index (Phi) is 5.68. The number of carbonyl (C=O) groups is 2. The highest BCUT2D eigenvalue weighted by atomic mass is 16.2. The molecule has 0 atom stereocenters. The number of rotatable bonds is 3. The molecule has 0 bridgehead atoms. The highest BCUT2D eigenvalue weighted by Crippen LogP contribution is 2.25. The summed E-state index contributed by atoms with van der Waals surface area (Å²) in [5, 5.41) is 10.9. The smallest absolute Gasteiger partial charge is 0.322 e. The Balaban J connectivity index is 1.09. The zero-order valence-electron chi connectivity index (χ0n) is 19.7. The Labute approximate surface area is 207 Å². The molecule has 0 spiro atoms. The van der Waals surface area contributed by atoms with Gasteiger partial charge in [-0.1, -0.05) is 12.1 Å². The second-order valence-electron chi connectivity index (χ2n) is 9.04. The molecule has 1 saturated heterocycles. The quantitative estimate of drug-likeness (QED) is 0.465. The van der Waals surface area contributed by atoms with E-state index in [9.17, 15) is 9.59 Å². The van der Waals surface area contributed by atoms with E-state index in [2.05, 4.69) is 30.4 Å². The Hall–Kier alpha value is -4.47. The topological polar surface area (TPSA) is 110 Å². The van der Waals surface area contributed by atoms with Gasteiger partial charge >= 0.3 is 6.03 Å². The molecule has 2 aliphatic heterocycles. The third kappa shape index (κ3) is 4.21. The number of aromatic nitrogens is 4. The van der Waals surface area contributed by atoms with Crippen LogP contribution in [0, 0.1) is 0 Å². The number of urea groups is 1. The maximum absolute atomic E-state index is 13.2. The summed E-state index contributed by atoms with van der Waals surface area (Å²) in [6.45, 7) is 3.79. The van der Waals surface area contributed by atoms with Crippen LogP contribution in [0.1, 0.15) is 21.5 Å². The fourth-order valence-electron chi connectivity index (χ4n) is 4.92. The number of carbonyl (C=O) groups excluding carboxylic acids is 2. The number of nitrogens with one attached hydrogen (secondary N) is 2. The van der Waals surface area contributed by atoms with Crippen LogP contribution in [0.3, 0.4) is 0 Å². The van der Waals surface area contributed by atoms with Crippen molar-refractivity contribution in [3.63, 3.8) is 0 Å². The standard InChI is InChI=1S/C26H26N8O2/c35-25(33-12-10-32(11-13-33)23-6-1-2-8-27-23)18-4-3-5-20(14-18)30-26(36)34-9-7-21-19(17-34)15-28-24-22(21)16-29-31-24/h1-6,8,14-16H,7,9-13,17H2,(H,30,36)(H,28,29,31). The Morgan fingerprint density at radius 3 is 2.64 bits per heavy atom. The highest BCUT2D eigenvalue weighted by Gasteiger charge is 2.25. The molecule has 2 N–H and O–H groups in total. The van der Waals surface area contributed by atoms with Gasteiger partial charge in [0.2, 0.25) is 0 Å². The molecule has 0 unspecified atom stereocenters. The minimum atomic E-state index is -0.193. The molecule has 3 aromatic heterocycles. The second-order valence-corrected chi connectivity index (χ2v) is 9.04. The lowest BCUT2D eigenvalue weighted by atomic mass is 9.99. The fraction of sp³-hybridized carbons (Fsp3) is 0.269. The van der Waals surface area contributed by atoms with E-state index in [0.717, 1.165) is 41.9 Å². The molecule has 0 saturated carbocycles. The lowest BCUT2D eigenvalue weighted by Crippen LogP contribution is -2.49. The maximum atomic E-state index is 13.2. The van der Waals surface area contributed by atoms with E-state index in [4.69, 9.17) is 0 Å². The third-order valence-corrected chi connectivity index (χ3v) is 6.86. The summed E-state index contributed by atoms with van der Waals surface area (Å²) in [7, 11) is 0. The Bertz CT molecular complexity index is 1410. The van der Waals surface area contributed by atoms with Crippen LogP contribution in [0.15, 0.2) is 61.1 Å². The molecule has 0 aliphatic carbocycles. The monoisotopic (exact) mass is 482 g/mol. The first kappa shape index (κ1) is 22.0. The second kappa shape index (κ2) is 9.29. The van der Waals surface area contributed by atoms with E-state index in [1.165, 1.54) is 5.56 Å². The van der Waals surface area contributed by atoms with E-state index in [0.29, 0.717) is 37.4 Å². The van der Waals surface area contributed by atoms with Crippen LogP contribution in [-0.4, -0.2) is 74.6 Å². The first-order chi connectivity index (χ1) is 17.7. The number of anilines is 2. The number of pyridine rings is 2. The Morgan fingerprint density at radius 1 is 0.917 bits per heavy atom. The van der Waals surface area contributed by atoms with Crippen LogP contribution in [0.25, 0.3) is 11.0 Å². The van der Waals surface area contributed by atoms with E-state index < -0.39 is 0 Å². The summed E-state index contributed by atoms with van der Waals surface area (Å²) in [5.74, 6) is 0.897. The van der Waals surface area contributed by atoms with Crippen LogP contribution in [0.2, 0.25) is 0 Å². The first-order valence-electron chi connectivity index (χ1n) is 12.1. The molecule has 1 fully saturated rings. The van der Waals surface area contributed by atoms with Gasteiger partial charge in [0, 0.05) is 68.3 Å². The maximum Gasteiger partial charge on any atom is 0.322 e. The van der Waals surface area contributed by atoms with Gasteiger partial charge in [-0.05, 0) is 47.9 Å². The van der Waals surface area contributed by atoms with Crippen LogP contribution >= 0.6 is 0 Å². The zero-order valence-corrected chi connectivity index (χ0v) is 19.7. The van der Waals surface area contributed by atoms with Crippen molar-refractivity contribution < 1.29 is 9.59 Å². The minimum Gasteiger partial charge on any atom is -0.353 e. The molecule has 6 rings (SSSR count). The van der Waals surface area contributed by atoms with Gasteiger partial charge in [-0.3, -0.25) is 9.89 Å². The fourth-order valence-corrected chi connectivity index (χ4v) is 4.92. The molecule has 5 heterocycles. The lowest BCUT2D eigenvalue weighted by molar-refractivity contribution is 0.0746. The van der Waals surface area contributed by atoms with Crippen molar-refractivity contribution in [2.45, 2.75) is 13.0 Å². The number of aromatic amines is 1. The number of H-pyrrole nitrogens is 1. The summed E-state index contributed by atoms with van der Waals surface area (Å²) in [5.41, 5.74) is 4.15. The highest BCUT2D eigenvalue weighted by molar-refractivity contribution is 5.97. The summed E-state index contributed by atoms with van der Waals surface area (Å²) in [4.78, 5) is 40.8.